The van der Waals surface area contributed by atoms with Gasteiger partial charge in [0.05, 0.1) is 0 Å². The molecule has 0 aliphatic rings. The van der Waals surface area contributed by atoms with Gasteiger partial charge in [-0.25, -0.2) is 0 Å². The van der Waals surface area contributed by atoms with Crippen molar-refractivity contribution in [1.29, 1.82) is 0 Å². The Morgan fingerprint density at radius 2 is 1.22 bits per heavy atom. The Balaban J connectivity index is 2.30. The highest BCUT2D eigenvalue weighted by Crippen LogP contribution is 2.48. The first-order valence-corrected chi connectivity index (χ1v) is 11.0. The van der Waals surface area contributed by atoms with E-state index in [1.165, 1.54) is 0 Å². The third kappa shape index (κ3) is 4.45. The summed E-state index contributed by atoms with van der Waals surface area (Å²) in [4.78, 5) is 0. The zero-order chi connectivity index (χ0) is 19.4. The molecule has 3 aromatic carbocycles. The summed E-state index contributed by atoms with van der Waals surface area (Å²) in [5, 5.41) is 12.3. The second-order valence-corrected chi connectivity index (χ2v) is 9.81. The van der Waals surface area contributed by atoms with Crippen LogP contribution in [0.4, 0.5) is 0 Å². The summed E-state index contributed by atoms with van der Waals surface area (Å²) in [5.41, 5.74) is 1.32. The van der Waals surface area contributed by atoms with Gasteiger partial charge in [-0.15, -0.1) is 0 Å². The molecule has 4 nitrogen and oxygen atoms in total. The minimum atomic E-state index is -4.66. The van der Waals surface area contributed by atoms with Crippen molar-refractivity contribution in [2.75, 3.05) is 0 Å². The maximum atomic E-state index is 12.4. The van der Waals surface area contributed by atoms with Gasteiger partial charge < -0.3 is 5.11 Å². The normalized spacial score (nSPS) is 12.7. The highest BCUT2D eigenvalue weighted by Gasteiger charge is 2.32. The van der Waals surface area contributed by atoms with Crippen molar-refractivity contribution in [1.82, 2.24) is 0 Å². The molecule has 0 bridgehead atoms. The molecule has 3 rings (SSSR count). The van der Waals surface area contributed by atoms with Gasteiger partial charge in [-0.2, -0.15) is 8.42 Å². The lowest BCUT2D eigenvalue weighted by molar-refractivity contribution is 0.486. The van der Waals surface area contributed by atoms with Gasteiger partial charge in [0, 0.05) is 13.5 Å². The van der Waals surface area contributed by atoms with Crippen LogP contribution >= 0.6 is 7.92 Å². The highest BCUT2D eigenvalue weighted by atomic mass is 32.2. The van der Waals surface area contributed by atoms with Crippen molar-refractivity contribution in [3.05, 3.63) is 101 Å². The molecule has 0 unspecified atom stereocenters. The molecule has 0 amide bonds. The number of rotatable bonds is 5. The Kier molecular flexibility index (Phi) is 5.76. The molecule has 0 saturated heterocycles. The molecule has 0 aromatic heterocycles. The van der Waals surface area contributed by atoms with Gasteiger partial charge in [-0.05, 0) is 17.5 Å². The first kappa shape index (κ1) is 19.3. The van der Waals surface area contributed by atoms with E-state index in [4.69, 9.17) is 0 Å². The second-order valence-electron chi connectivity index (χ2n) is 6.00. The predicted octanol–water partition coefficient (Wildman–Crippen LogP) is 4.20. The maximum absolute atomic E-state index is 12.4. The van der Waals surface area contributed by atoms with Crippen LogP contribution in [0.15, 0.2) is 89.6 Å². The summed E-state index contributed by atoms with van der Waals surface area (Å²) in [6.45, 7) is 1.90. The van der Waals surface area contributed by atoms with Crippen LogP contribution in [0.25, 0.3) is 5.76 Å². The lowest BCUT2D eigenvalue weighted by Gasteiger charge is -2.21. The van der Waals surface area contributed by atoms with Crippen molar-refractivity contribution < 1.29 is 18.1 Å². The van der Waals surface area contributed by atoms with Crippen LogP contribution in [0.5, 0.6) is 0 Å². The van der Waals surface area contributed by atoms with Crippen molar-refractivity contribution in [2.45, 2.75) is 6.92 Å². The molecule has 6 heteroatoms. The van der Waals surface area contributed by atoms with Crippen LogP contribution < -0.4 is 10.6 Å². The van der Waals surface area contributed by atoms with Crippen LogP contribution in [0.2, 0.25) is 0 Å². The molecule has 3 aromatic rings. The van der Waals surface area contributed by atoms with E-state index < -0.39 is 23.8 Å². The van der Waals surface area contributed by atoms with Crippen LogP contribution in [0, 0.1) is 6.92 Å². The zero-order valence-corrected chi connectivity index (χ0v) is 16.4. The molecule has 0 atom stereocenters. The smallest absolute Gasteiger partial charge is 0.299 e. The lowest BCUT2D eigenvalue weighted by atomic mass is 10.1. The molecule has 0 aliphatic heterocycles. The van der Waals surface area contributed by atoms with E-state index in [2.05, 4.69) is 0 Å². The molecular weight excluding hydrogens is 379 g/mol. The van der Waals surface area contributed by atoms with Gasteiger partial charge in [0.25, 0.3) is 10.1 Å². The largest absolute Gasteiger partial charge is 0.506 e. The van der Waals surface area contributed by atoms with Crippen LogP contribution in [-0.4, -0.2) is 18.1 Å². The SMILES string of the molecule is Cc1ccc(/C(O)=C(\P(c2ccccc2)c2ccccc2)S(=O)(=O)O)cc1. The van der Waals surface area contributed by atoms with Crippen LogP contribution in [-0.2, 0) is 10.1 Å². The molecule has 138 valence electrons. The molecule has 0 spiro atoms. The van der Waals surface area contributed by atoms with Gasteiger partial charge in [0.15, 0.2) is 0 Å². The molecule has 2 N–H and O–H groups in total. The van der Waals surface area contributed by atoms with Crippen LogP contribution in [0.3, 0.4) is 0 Å². The fraction of sp³-hybridized carbons (Fsp3) is 0.0476. The molecule has 0 aliphatic carbocycles. The van der Waals surface area contributed by atoms with E-state index in [9.17, 15) is 18.1 Å². The second kappa shape index (κ2) is 8.05. The lowest BCUT2D eigenvalue weighted by Crippen LogP contribution is -2.18. The Bertz CT molecular complexity index is 1000. The summed E-state index contributed by atoms with van der Waals surface area (Å²) in [7, 11) is -6.34. The third-order valence-electron chi connectivity index (χ3n) is 4.00. The highest BCUT2D eigenvalue weighted by molar-refractivity contribution is 8.03. The van der Waals surface area contributed by atoms with Gasteiger partial charge in [-0.1, -0.05) is 90.5 Å². The molecule has 0 fully saturated rings. The number of aliphatic hydroxyl groups excluding tert-OH is 1. The summed E-state index contributed by atoms with van der Waals surface area (Å²) in [6, 6.07) is 24.9. The van der Waals surface area contributed by atoms with E-state index in [0.29, 0.717) is 16.2 Å². The van der Waals surface area contributed by atoms with Gasteiger partial charge in [0.2, 0.25) is 0 Å². The van der Waals surface area contributed by atoms with Crippen molar-refractivity contribution in [3.8, 4) is 0 Å². The third-order valence-corrected chi connectivity index (χ3v) is 8.17. The van der Waals surface area contributed by atoms with E-state index in [-0.39, 0.29) is 4.65 Å². The van der Waals surface area contributed by atoms with E-state index in [0.717, 1.165) is 5.56 Å². The van der Waals surface area contributed by atoms with E-state index in [1.807, 2.05) is 19.1 Å². The maximum Gasteiger partial charge on any atom is 0.299 e. The van der Waals surface area contributed by atoms with Gasteiger partial charge in [-0.3, -0.25) is 4.55 Å². The first-order valence-electron chi connectivity index (χ1n) is 8.26. The number of hydrogen-bond donors (Lipinski definition) is 2. The zero-order valence-electron chi connectivity index (χ0n) is 14.6. The fourth-order valence-electron chi connectivity index (χ4n) is 2.72. The average molecular weight is 398 g/mol. The number of benzene rings is 3. The topological polar surface area (TPSA) is 74.6 Å². The number of hydrogen-bond acceptors (Lipinski definition) is 3. The Morgan fingerprint density at radius 3 is 1.63 bits per heavy atom. The average Bonchev–Trinajstić information content (AvgIpc) is 2.66. The Labute approximate surface area is 160 Å². The Morgan fingerprint density at radius 1 is 0.778 bits per heavy atom. The summed E-state index contributed by atoms with van der Waals surface area (Å²) in [5.74, 6) is -0.434. The van der Waals surface area contributed by atoms with Crippen molar-refractivity contribution in [2.24, 2.45) is 0 Å². The van der Waals surface area contributed by atoms with Crippen molar-refractivity contribution >= 4 is 34.4 Å². The molecule has 27 heavy (non-hydrogen) atoms. The van der Waals surface area contributed by atoms with Crippen LogP contribution in [0.1, 0.15) is 11.1 Å². The summed E-state index contributed by atoms with van der Waals surface area (Å²) in [6.07, 6.45) is 0. The Hall–Kier alpha value is -2.46. The van der Waals surface area contributed by atoms with Gasteiger partial charge >= 0.3 is 0 Å². The first-order chi connectivity index (χ1) is 12.9. The predicted molar refractivity (Wildman–Crippen MR) is 111 cm³/mol. The number of aliphatic hydroxyl groups is 1. The minimum absolute atomic E-state index is 0.340. The van der Waals surface area contributed by atoms with E-state index >= 15 is 0 Å². The van der Waals surface area contributed by atoms with Gasteiger partial charge in [0.1, 0.15) is 10.4 Å². The monoisotopic (exact) mass is 398 g/mol. The summed E-state index contributed by atoms with van der Waals surface area (Å²) < 4.78 is 34.4. The number of aryl methyl sites for hydroxylation is 1. The quantitative estimate of drug-likeness (QED) is 0.384. The molecule has 0 radical (unpaired) electrons. The van der Waals surface area contributed by atoms with E-state index in [1.54, 1.807) is 72.8 Å². The minimum Gasteiger partial charge on any atom is -0.506 e. The molecule has 0 saturated carbocycles. The fourth-order valence-corrected chi connectivity index (χ4v) is 6.68. The summed E-state index contributed by atoms with van der Waals surface area (Å²) >= 11 is 0. The standard InChI is InChI=1S/C21H19O4PS/c1-16-12-14-17(15-13-16)20(22)21(27(23,24)25)26(18-8-4-2-5-9-18)19-10-6-3-7-11-19/h2-15,22H,1H3,(H,23,24,25)/b21-20-. The molecular formula is C21H19O4PS. The molecule has 0 heterocycles. The van der Waals surface area contributed by atoms with Crippen molar-refractivity contribution in [3.63, 3.8) is 0 Å².